The molecule has 2 atom stereocenters. The zero-order valence-electron chi connectivity index (χ0n) is 14.8. The molecule has 4 amide bonds. The third kappa shape index (κ3) is 3.83. The van der Waals surface area contributed by atoms with Crippen molar-refractivity contribution in [2.75, 3.05) is 10.2 Å². The molecule has 6 heteroatoms. The fourth-order valence-electron chi connectivity index (χ4n) is 3.64. The van der Waals surface area contributed by atoms with Gasteiger partial charge in [-0.05, 0) is 43.4 Å². The van der Waals surface area contributed by atoms with Crippen molar-refractivity contribution in [3.05, 3.63) is 23.8 Å². The quantitative estimate of drug-likeness (QED) is 0.826. The lowest BCUT2D eigenvalue weighted by Gasteiger charge is -2.29. The standard InChI is InChI=1S/C19H25N3O3/c1-12-5-3-4-6-15(12)21-19(25)20-14-8-7-13(2)16(11-14)22-17(23)9-10-18(22)24/h7-8,11-12,15H,3-6,9-10H2,1-2H3,(H2,20,21,25)/t12-,15+/m0/s1. The molecule has 2 N–H and O–H groups in total. The molecule has 134 valence electrons. The van der Waals surface area contributed by atoms with E-state index in [-0.39, 0.29) is 36.7 Å². The normalized spacial score (nSPS) is 23.7. The van der Waals surface area contributed by atoms with E-state index in [0.29, 0.717) is 17.3 Å². The van der Waals surface area contributed by atoms with Gasteiger partial charge in [-0.2, -0.15) is 0 Å². The van der Waals surface area contributed by atoms with Gasteiger partial charge in [-0.15, -0.1) is 0 Å². The summed E-state index contributed by atoms with van der Waals surface area (Å²) in [6, 6.07) is 5.24. The SMILES string of the molecule is Cc1ccc(NC(=O)N[C@@H]2CCCC[C@@H]2C)cc1N1C(=O)CCC1=O. The summed E-state index contributed by atoms with van der Waals surface area (Å²) in [4.78, 5) is 37.5. The van der Waals surface area contributed by atoms with Crippen molar-refractivity contribution in [1.82, 2.24) is 5.32 Å². The van der Waals surface area contributed by atoms with E-state index < -0.39 is 0 Å². The Hall–Kier alpha value is -2.37. The second-order valence-corrected chi connectivity index (χ2v) is 7.09. The van der Waals surface area contributed by atoms with Crippen LogP contribution in [0, 0.1) is 12.8 Å². The van der Waals surface area contributed by atoms with E-state index in [9.17, 15) is 14.4 Å². The number of rotatable bonds is 3. The number of nitrogens with zero attached hydrogens (tertiary/aromatic N) is 1. The summed E-state index contributed by atoms with van der Waals surface area (Å²) in [6.45, 7) is 4.01. The van der Waals surface area contributed by atoms with Gasteiger partial charge in [0.2, 0.25) is 11.8 Å². The van der Waals surface area contributed by atoms with Crippen molar-refractivity contribution < 1.29 is 14.4 Å². The van der Waals surface area contributed by atoms with Crippen LogP contribution in [0.3, 0.4) is 0 Å². The van der Waals surface area contributed by atoms with Gasteiger partial charge < -0.3 is 10.6 Å². The van der Waals surface area contributed by atoms with E-state index >= 15 is 0 Å². The summed E-state index contributed by atoms with van der Waals surface area (Å²) in [5.41, 5.74) is 1.96. The zero-order chi connectivity index (χ0) is 18.0. The number of hydrogen-bond acceptors (Lipinski definition) is 3. The van der Waals surface area contributed by atoms with Gasteiger partial charge in [0.1, 0.15) is 0 Å². The summed E-state index contributed by atoms with van der Waals surface area (Å²) in [6.07, 6.45) is 5.00. The van der Waals surface area contributed by atoms with Crippen LogP contribution < -0.4 is 15.5 Å². The number of nitrogens with one attached hydrogen (secondary N) is 2. The third-order valence-corrected chi connectivity index (χ3v) is 5.19. The second kappa shape index (κ2) is 7.25. The number of urea groups is 1. The van der Waals surface area contributed by atoms with Gasteiger partial charge in [-0.1, -0.05) is 25.8 Å². The lowest BCUT2D eigenvalue weighted by molar-refractivity contribution is -0.121. The van der Waals surface area contributed by atoms with Crippen LogP contribution in [-0.4, -0.2) is 23.9 Å². The molecule has 0 radical (unpaired) electrons. The van der Waals surface area contributed by atoms with E-state index in [4.69, 9.17) is 0 Å². The fourth-order valence-corrected chi connectivity index (χ4v) is 3.64. The summed E-state index contributed by atoms with van der Waals surface area (Å²) in [5.74, 6) is 0.101. The van der Waals surface area contributed by atoms with Crippen molar-refractivity contribution in [3.63, 3.8) is 0 Å². The minimum atomic E-state index is -0.243. The van der Waals surface area contributed by atoms with E-state index in [0.717, 1.165) is 24.8 Å². The lowest BCUT2D eigenvalue weighted by Crippen LogP contribution is -2.43. The van der Waals surface area contributed by atoms with Gasteiger partial charge in [-0.3, -0.25) is 14.5 Å². The number of aryl methyl sites for hydroxylation is 1. The molecular weight excluding hydrogens is 318 g/mol. The molecule has 0 aromatic heterocycles. The molecule has 0 bridgehead atoms. The van der Waals surface area contributed by atoms with Crippen LogP contribution in [0.4, 0.5) is 16.2 Å². The second-order valence-electron chi connectivity index (χ2n) is 7.09. The molecule has 1 heterocycles. The summed E-state index contributed by atoms with van der Waals surface area (Å²) in [5, 5.41) is 5.87. The minimum absolute atomic E-state index is 0.189. The molecule has 1 aromatic rings. The monoisotopic (exact) mass is 343 g/mol. The molecule has 1 aliphatic carbocycles. The molecule has 2 fully saturated rings. The first kappa shape index (κ1) is 17.5. The van der Waals surface area contributed by atoms with Gasteiger partial charge in [0.25, 0.3) is 0 Å². The predicted molar refractivity (Wildman–Crippen MR) is 96.5 cm³/mol. The highest BCUT2D eigenvalue weighted by Crippen LogP contribution is 2.29. The maximum absolute atomic E-state index is 12.3. The van der Waals surface area contributed by atoms with Crippen LogP contribution in [-0.2, 0) is 9.59 Å². The van der Waals surface area contributed by atoms with Crippen molar-refractivity contribution >= 4 is 29.2 Å². The Bertz CT molecular complexity index is 685. The molecule has 1 saturated heterocycles. The molecular formula is C19H25N3O3. The van der Waals surface area contributed by atoms with Crippen LogP contribution in [0.5, 0.6) is 0 Å². The molecule has 0 unspecified atom stereocenters. The Kier molecular flexibility index (Phi) is 5.06. The summed E-state index contributed by atoms with van der Waals surface area (Å²) >= 11 is 0. The molecule has 1 aromatic carbocycles. The van der Waals surface area contributed by atoms with E-state index in [1.165, 1.54) is 11.3 Å². The fraction of sp³-hybridized carbons (Fsp3) is 0.526. The Balaban J connectivity index is 1.70. The summed E-state index contributed by atoms with van der Waals surface area (Å²) in [7, 11) is 0. The first-order chi connectivity index (χ1) is 12.0. The minimum Gasteiger partial charge on any atom is -0.335 e. The molecule has 1 saturated carbocycles. The molecule has 6 nitrogen and oxygen atoms in total. The van der Waals surface area contributed by atoms with E-state index in [2.05, 4.69) is 17.6 Å². The topological polar surface area (TPSA) is 78.5 Å². The van der Waals surface area contributed by atoms with Gasteiger partial charge >= 0.3 is 6.03 Å². The highest BCUT2D eigenvalue weighted by molar-refractivity contribution is 6.20. The number of carbonyl (C=O) groups excluding carboxylic acids is 3. The third-order valence-electron chi connectivity index (χ3n) is 5.19. The van der Waals surface area contributed by atoms with Crippen molar-refractivity contribution in [2.45, 2.75) is 58.4 Å². The maximum Gasteiger partial charge on any atom is 0.319 e. The van der Waals surface area contributed by atoms with Crippen molar-refractivity contribution in [3.8, 4) is 0 Å². The number of imide groups is 1. The van der Waals surface area contributed by atoms with Crippen LogP contribution >= 0.6 is 0 Å². The highest BCUT2D eigenvalue weighted by atomic mass is 16.2. The van der Waals surface area contributed by atoms with Gasteiger partial charge in [0.05, 0.1) is 5.69 Å². The molecule has 25 heavy (non-hydrogen) atoms. The lowest BCUT2D eigenvalue weighted by atomic mass is 9.86. The Morgan fingerprint density at radius 3 is 2.48 bits per heavy atom. The summed E-state index contributed by atoms with van der Waals surface area (Å²) < 4.78 is 0. The van der Waals surface area contributed by atoms with Gasteiger partial charge in [0, 0.05) is 24.6 Å². The Labute approximate surface area is 148 Å². The predicted octanol–water partition coefficient (Wildman–Crippen LogP) is 3.35. The van der Waals surface area contributed by atoms with Crippen molar-refractivity contribution in [1.29, 1.82) is 0 Å². The van der Waals surface area contributed by atoms with Gasteiger partial charge in [-0.25, -0.2) is 4.79 Å². The largest absolute Gasteiger partial charge is 0.335 e. The number of hydrogen-bond donors (Lipinski definition) is 2. The molecule has 0 spiro atoms. The van der Waals surface area contributed by atoms with Crippen molar-refractivity contribution in [2.24, 2.45) is 5.92 Å². The smallest absolute Gasteiger partial charge is 0.319 e. The van der Waals surface area contributed by atoms with Crippen LogP contribution in [0.2, 0.25) is 0 Å². The molecule has 1 aliphatic heterocycles. The zero-order valence-corrected chi connectivity index (χ0v) is 14.8. The van der Waals surface area contributed by atoms with Crippen LogP contribution in [0.1, 0.15) is 51.0 Å². The maximum atomic E-state index is 12.3. The highest BCUT2D eigenvalue weighted by Gasteiger charge is 2.31. The average Bonchev–Trinajstić information content (AvgIpc) is 2.90. The Morgan fingerprint density at radius 1 is 1.12 bits per heavy atom. The average molecular weight is 343 g/mol. The first-order valence-corrected chi connectivity index (χ1v) is 8.99. The van der Waals surface area contributed by atoms with E-state index in [1.807, 2.05) is 13.0 Å². The number of benzene rings is 1. The van der Waals surface area contributed by atoms with Crippen LogP contribution in [0.25, 0.3) is 0 Å². The first-order valence-electron chi connectivity index (χ1n) is 8.99. The Morgan fingerprint density at radius 2 is 1.80 bits per heavy atom. The number of anilines is 2. The number of carbonyl (C=O) groups is 3. The van der Waals surface area contributed by atoms with Gasteiger partial charge in [0.15, 0.2) is 0 Å². The molecule has 3 rings (SSSR count). The van der Waals surface area contributed by atoms with Crippen LogP contribution in [0.15, 0.2) is 18.2 Å². The number of amides is 4. The van der Waals surface area contributed by atoms with E-state index in [1.54, 1.807) is 12.1 Å². The molecule has 2 aliphatic rings.